The van der Waals surface area contributed by atoms with Gasteiger partial charge in [0.05, 0.1) is 5.54 Å². The third-order valence-electron chi connectivity index (χ3n) is 3.13. The molecule has 0 aromatic heterocycles. The molecule has 0 aliphatic carbocycles. The molecule has 1 amide bonds. The van der Waals surface area contributed by atoms with Crippen molar-refractivity contribution in [1.82, 2.24) is 10.2 Å². The van der Waals surface area contributed by atoms with Crippen molar-refractivity contribution in [1.29, 1.82) is 0 Å². The highest BCUT2D eigenvalue weighted by Gasteiger charge is 2.26. The maximum Gasteiger partial charge on any atom is 0.239 e. The molecule has 4 nitrogen and oxygen atoms in total. The SMILES string of the molecule is CC(C)CN1CCC(NC(=O)C(C)(C)N)CC1. The molecular weight excluding hydrogens is 214 g/mol. The van der Waals surface area contributed by atoms with E-state index in [9.17, 15) is 4.79 Å². The van der Waals surface area contributed by atoms with Crippen molar-refractivity contribution in [3.05, 3.63) is 0 Å². The standard InChI is InChI=1S/C13H27N3O/c1-10(2)9-16-7-5-11(6-8-16)15-12(17)13(3,4)14/h10-11H,5-9,14H2,1-4H3,(H,15,17). The van der Waals surface area contributed by atoms with E-state index in [1.807, 2.05) is 0 Å². The first kappa shape index (κ1) is 14.5. The number of piperidine rings is 1. The van der Waals surface area contributed by atoms with Crippen molar-refractivity contribution in [3.8, 4) is 0 Å². The molecule has 1 rings (SSSR count). The summed E-state index contributed by atoms with van der Waals surface area (Å²) >= 11 is 0. The highest BCUT2D eigenvalue weighted by Crippen LogP contribution is 2.12. The molecule has 1 fully saturated rings. The lowest BCUT2D eigenvalue weighted by atomic mass is 10.0. The second-order valence-electron chi connectivity index (χ2n) is 6.16. The summed E-state index contributed by atoms with van der Waals surface area (Å²) in [6.07, 6.45) is 2.07. The normalized spacial score (nSPS) is 19.6. The fourth-order valence-corrected chi connectivity index (χ4v) is 2.15. The van der Waals surface area contributed by atoms with E-state index in [-0.39, 0.29) is 5.91 Å². The van der Waals surface area contributed by atoms with E-state index in [0.29, 0.717) is 12.0 Å². The molecule has 0 atom stereocenters. The fourth-order valence-electron chi connectivity index (χ4n) is 2.15. The lowest BCUT2D eigenvalue weighted by molar-refractivity contribution is -0.126. The van der Waals surface area contributed by atoms with Gasteiger partial charge in [-0.25, -0.2) is 0 Å². The number of hydrogen-bond acceptors (Lipinski definition) is 3. The molecule has 1 aliphatic rings. The van der Waals surface area contributed by atoms with Gasteiger partial charge in [0.25, 0.3) is 0 Å². The van der Waals surface area contributed by atoms with Crippen LogP contribution in [-0.4, -0.2) is 42.0 Å². The number of likely N-dealkylation sites (tertiary alicyclic amines) is 1. The number of amides is 1. The highest BCUT2D eigenvalue weighted by atomic mass is 16.2. The number of carbonyl (C=O) groups excluding carboxylic acids is 1. The van der Waals surface area contributed by atoms with E-state index in [2.05, 4.69) is 24.1 Å². The number of rotatable bonds is 4. The van der Waals surface area contributed by atoms with Gasteiger partial charge in [0.15, 0.2) is 0 Å². The van der Waals surface area contributed by atoms with Crippen molar-refractivity contribution in [2.45, 2.75) is 52.1 Å². The summed E-state index contributed by atoms with van der Waals surface area (Å²) in [5, 5.41) is 3.04. The monoisotopic (exact) mass is 241 g/mol. The minimum Gasteiger partial charge on any atom is -0.352 e. The zero-order valence-electron chi connectivity index (χ0n) is 11.6. The van der Waals surface area contributed by atoms with Gasteiger partial charge in [0, 0.05) is 25.7 Å². The molecule has 0 aromatic carbocycles. The molecule has 1 saturated heterocycles. The molecule has 3 N–H and O–H groups in total. The van der Waals surface area contributed by atoms with Gasteiger partial charge < -0.3 is 16.0 Å². The van der Waals surface area contributed by atoms with Crippen molar-refractivity contribution in [3.63, 3.8) is 0 Å². The molecule has 0 bridgehead atoms. The second-order valence-corrected chi connectivity index (χ2v) is 6.16. The molecule has 1 aliphatic heterocycles. The van der Waals surface area contributed by atoms with Gasteiger partial charge in [0.2, 0.25) is 5.91 Å². The van der Waals surface area contributed by atoms with Gasteiger partial charge >= 0.3 is 0 Å². The van der Waals surface area contributed by atoms with E-state index in [4.69, 9.17) is 5.73 Å². The zero-order valence-corrected chi connectivity index (χ0v) is 11.6. The molecule has 1 heterocycles. The van der Waals surface area contributed by atoms with Crippen LogP contribution >= 0.6 is 0 Å². The largest absolute Gasteiger partial charge is 0.352 e. The van der Waals surface area contributed by atoms with Gasteiger partial charge in [-0.3, -0.25) is 4.79 Å². The van der Waals surface area contributed by atoms with Gasteiger partial charge in [0.1, 0.15) is 0 Å². The van der Waals surface area contributed by atoms with Crippen LogP contribution in [-0.2, 0) is 4.79 Å². The molecule has 100 valence electrons. The van der Waals surface area contributed by atoms with E-state index in [1.165, 1.54) is 0 Å². The fraction of sp³-hybridized carbons (Fsp3) is 0.923. The maximum absolute atomic E-state index is 11.7. The molecule has 0 spiro atoms. The Hall–Kier alpha value is -0.610. The number of carbonyl (C=O) groups is 1. The average molecular weight is 241 g/mol. The Labute approximate surface area is 105 Å². The van der Waals surface area contributed by atoms with E-state index in [0.717, 1.165) is 32.5 Å². The number of nitrogens with zero attached hydrogens (tertiary/aromatic N) is 1. The van der Waals surface area contributed by atoms with Gasteiger partial charge in [-0.15, -0.1) is 0 Å². The Balaban J connectivity index is 2.30. The lowest BCUT2D eigenvalue weighted by Crippen LogP contribution is -2.54. The molecule has 17 heavy (non-hydrogen) atoms. The van der Waals surface area contributed by atoms with Crippen LogP contribution in [0.3, 0.4) is 0 Å². The molecule has 0 aromatic rings. The Morgan fingerprint density at radius 2 is 1.94 bits per heavy atom. The summed E-state index contributed by atoms with van der Waals surface area (Å²) in [5.74, 6) is 0.670. The first-order valence-electron chi connectivity index (χ1n) is 6.61. The van der Waals surface area contributed by atoms with Crippen LogP contribution in [0.1, 0.15) is 40.5 Å². The minimum absolute atomic E-state index is 0.0418. The summed E-state index contributed by atoms with van der Waals surface area (Å²) in [6.45, 7) is 11.3. The summed E-state index contributed by atoms with van der Waals surface area (Å²) in [5.41, 5.74) is 5.00. The quantitative estimate of drug-likeness (QED) is 0.771. The smallest absolute Gasteiger partial charge is 0.239 e. The van der Waals surface area contributed by atoms with Crippen molar-refractivity contribution in [2.24, 2.45) is 11.7 Å². The molecule has 0 unspecified atom stereocenters. The van der Waals surface area contributed by atoms with Crippen molar-refractivity contribution < 1.29 is 4.79 Å². The average Bonchev–Trinajstić information content (AvgIpc) is 2.18. The first-order chi connectivity index (χ1) is 7.79. The molecular formula is C13H27N3O. The van der Waals surface area contributed by atoms with E-state index < -0.39 is 5.54 Å². The molecule has 0 radical (unpaired) electrons. The number of nitrogens with one attached hydrogen (secondary N) is 1. The van der Waals surface area contributed by atoms with Crippen LogP contribution in [0.4, 0.5) is 0 Å². The lowest BCUT2D eigenvalue weighted by Gasteiger charge is -2.34. The summed E-state index contributed by atoms with van der Waals surface area (Å²) in [4.78, 5) is 14.2. The second kappa shape index (κ2) is 5.83. The van der Waals surface area contributed by atoms with Crippen LogP contribution in [0.15, 0.2) is 0 Å². The van der Waals surface area contributed by atoms with Crippen LogP contribution in [0, 0.1) is 5.92 Å². The highest BCUT2D eigenvalue weighted by molar-refractivity contribution is 5.85. The predicted molar refractivity (Wildman–Crippen MR) is 70.7 cm³/mol. The van der Waals surface area contributed by atoms with E-state index >= 15 is 0 Å². The maximum atomic E-state index is 11.7. The van der Waals surface area contributed by atoms with Gasteiger partial charge in [-0.05, 0) is 32.6 Å². The third kappa shape index (κ3) is 5.04. The Bertz CT molecular complexity index is 250. The molecule has 4 heteroatoms. The summed E-state index contributed by atoms with van der Waals surface area (Å²) < 4.78 is 0. The topological polar surface area (TPSA) is 58.4 Å². The van der Waals surface area contributed by atoms with Crippen LogP contribution in [0.2, 0.25) is 0 Å². The Morgan fingerprint density at radius 3 is 2.35 bits per heavy atom. The molecule has 0 saturated carbocycles. The zero-order chi connectivity index (χ0) is 13.1. The van der Waals surface area contributed by atoms with Crippen LogP contribution in [0.25, 0.3) is 0 Å². The minimum atomic E-state index is -0.769. The Kier molecular flexibility index (Phi) is 4.95. The number of hydrogen-bond donors (Lipinski definition) is 2. The van der Waals surface area contributed by atoms with Gasteiger partial charge in [-0.2, -0.15) is 0 Å². The number of nitrogens with two attached hydrogens (primary N) is 1. The van der Waals surface area contributed by atoms with Gasteiger partial charge in [-0.1, -0.05) is 13.8 Å². The van der Waals surface area contributed by atoms with Crippen molar-refractivity contribution >= 4 is 5.91 Å². The summed E-state index contributed by atoms with van der Waals surface area (Å²) in [6, 6.07) is 0.300. The van der Waals surface area contributed by atoms with Crippen molar-refractivity contribution in [2.75, 3.05) is 19.6 Å². The first-order valence-corrected chi connectivity index (χ1v) is 6.61. The predicted octanol–water partition coefficient (Wildman–Crippen LogP) is 0.960. The van der Waals surface area contributed by atoms with Crippen LogP contribution < -0.4 is 11.1 Å². The van der Waals surface area contributed by atoms with E-state index in [1.54, 1.807) is 13.8 Å². The summed E-state index contributed by atoms with van der Waals surface area (Å²) in [7, 11) is 0. The van der Waals surface area contributed by atoms with Crippen LogP contribution in [0.5, 0.6) is 0 Å². The third-order valence-corrected chi connectivity index (χ3v) is 3.13. The Morgan fingerprint density at radius 1 is 1.41 bits per heavy atom.